The number of alkyl halides is 3. The van der Waals surface area contributed by atoms with Crippen molar-refractivity contribution < 1.29 is 27.2 Å². The second kappa shape index (κ2) is 8.41. The number of amides is 1. The van der Waals surface area contributed by atoms with Crippen molar-refractivity contribution in [2.24, 2.45) is 0 Å². The number of carbonyl (C=O) groups excluding carboxylic acids is 2. The number of furan rings is 1. The van der Waals surface area contributed by atoms with Gasteiger partial charge in [-0.25, -0.2) is 0 Å². The maximum Gasteiger partial charge on any atom is 0.416 e. The summed E-state index contributed by atoms with van der Waals surface area (Å²) in [5.41, 5.74) is 0.612. The maximum atomic E-state index is 12.6. The van der Waals surface area contributed by atoms with Gasteiger partial charge in [-0.15, -0.1) is 0 Å². The van der Waals surface area contributed by atoms with E-state index < -0.39 is 17.8 Å². The monoisotopic (exact) mass is 381 g/mol. The Labute approximate surface area is 155 Å². The Morgan fingerprint density at radius 1 is 1.19 bits per heavy atom. The molecule has 27 heavy (non-hydrogen) atoms. The van der Waals surface area contributed by atoms with Crippen molar-refractivity contribution in [2.75, 3.05) is 0 Å². The molecule has 0 saturated heterocycles. The zero-order valence-electron chi connectivity index (χ0n) is 15.4. The summed E-state index contributed by atoms with van der Waals surface area (Å²) < 4.78 is 43.6. The lowest BCUT2D eigenvalue weighted by Gasteiger charge is -2.11. The molecular formula is C20H22F3NO3. The van der Waals surface area contributed by atoms with Crippen LogP contribution in [0.2, 0.25) is 0 Å². The molecular weight excluding hydrogens is 359 g/mol. The Hall–Kier alpha value is -2.57. The first kappa shape index (κ1) is 20.7. The number of halogens is 3. The summed E-state index contributed by atoms with van der Waals surface area (Å²) in [6.07, 6.45) is -3.42. The van der Waals surface area contributed by atoms with Crippen LogP contribution in [0.5, 0.6) is 0 Å². The van der Waals surface area contributed by atoms with Gasteiger partial charge in [0, 0.05) is 18.4 Å². The lowest BCUT2D eigenvalue weighted by Crippen LogP contribution is -2.38. The Bertz CT molecular complexity index is 807. The van der Waals surface area contributed by atoms with Crippen LogP contribution in [0.3, 0.4) is 0 Å². The molecule has 4 nitrogen and oxygen atoms in total. The van der Waals surface area contributed by atoms with Crippen LogP contribution in [-0.4, -0.2) is 17.7 Å². The number of benzene rings is 1. The third kappa shape index (κ3) is 5.45. The number of aryl methyl sites for hydroxylation is 2. The molecule has 0 aliphatic carbocycles. The van der Waals surface area contributed by atoms with Crippen molar-refractivity contribution in [1.29, 1.82) is 0 Å². The van der Waals surface area contributed by atoms with Gasteiger partial charge in [-0.2, -0.15) is 13.2 Å². The third-order valence-electron chi connectivity index (χ3n) is 4.35. The fourth-order valence-corrected chi connectivity index (χ4v) is 2.68. The summed E-state index contributed by atoms with van der Waals surface area (Å²) in [7, 11) is 0. The third-order valence-corrected chi connectivity index (χ3v) is 4.35. The van der Waals surface area contributed by atoms with E-state index in [-0.39, 0.29) is 18.1 Å². The van der Waals surface area contributed by atoms with Gasteiger partial charge in [0.15, 0.2) is 5.78 Å². The number of nitrogens with one attached hydrogen (secondary N) is 1. The van der Waals surface area contributed by atoms with E-state index in [2.05, 4.69) is 5.32 Å². The first-order valence-electron chi connectivity index (χ1n) is 8.70. The summed E-state index contributed by atoms with van der Waals surface area (Å²) >= 11 is 0. The fourth-order valence-electron chi connectivity index (χ4n) is 2.68. The van der Waals surface area contributed by atoms with Gasteiger partial charge in [0.05, 0.1) is 11.6 Å². The maximum absolute atomic E-state index is 12.6. The van der Waals surface area contributed by atoms with Gasteiger partial charge in [0.2, 0.25) is 5.91 Å². The molecule has 0 saturated carbocycles. The van der Waals surface area contributed by atoms with Gasteiger partial charge >= 0.3 is 6.18 Å². The van der Waals surface area contributed by atoms with Crippen LogP contribution in [0.4, 0.5) is 13.2 Å². The largest absolute Gasteiger partial charge is 0.461 e. The first-order chi connectivity index (χ1) is 12.6. The van der Waals surface area contributed by atoms with Crippen molar-refractivity contribution in [2.45, 2.75) is 52.3 Å². The van der Waals surface area contributed by atoms with Crippen LogP contribution in [0, 0.1) is 6.92 Å². The van der Waals surface area contributed by atoms with Gasteiger partial charge < -0.3 is 9.73 Å². The van der Waals surface area contributed by atoms with Crippen molar-refractivity contribution in [3.63, 3.8) is 0 Å². The van der Waals surface area contributed by atoms with Gasteiger partial charge in [-0.05, 0) is 44.0 Å². The predicted molar refractivity (Wildman–Crippen MR) is 95.1 cm³/mol. The van der Waals surface area contributed by atoms with E-state index in [9.17, 15) is 22.8 Å². The molecule has 7 heteroatoms. The fraction of sp³-hybridized carbons (Fsp3) is 0.400. The van der Waals surface area contributed by atoms with Crippen molar-refractivity contribution in [3.8, 4) is 11.3 Å². The predicted octanol–water partition coefficient (Wildman–Crippen LogP) is 4.69. The van der Waals surface area contributed by atoms with Gasteiger partial charge in [-0.1, -0.05) is 19.1 Å². The smallest absolute Gasteiger partial charge is 0.416 e. The topological polar surface area (TPSA) is 59.3 Å². The highest BCUT2D eigenvalue weighted by Gasteiger charge is 2.30. The van der Waals surface area contributed by atoms with Gasteiger partial charge in [0.25, 0.3) is 0 Å². The zero-order chi connectivity index (χ0) is 20.2. The summed E-state index contributed by atoms with van der Waals surface area (Å²) in [5.74, 6) is 0.787. The van der Waals surface area contributed by atoms with E-state index in [0.29, 0.717) is 29.9 Å². The van der Waals surface area contributed by atoms with Crippen molar-refractivity contribution in [3.05, 3.63) is 47.2 Å². The number of rotatable bonds is 7. The molecule has 1 aromatic heterocycles. The minimum Gasteiger partial charge on any atom is -0.461 e. The van der Waals surface area contributed by atoms with E-state index in [0.717, 1.165) is 17.7 Å². The molecule has 1 atom stereocenters. The SMILES string of the molecule is CCC(=O)C(C)NC(=O)CCc1cc(-c2ccc(C(F)(F)F)cc2)oc1C. The lowest BCUT2D eigenvalue weighted by atomic mass is 10.1. The number of carbonyl (C=O) groups is 2. The zero-order valence-corrected chi connectivity index (χ0v) is 15.4. The molecule has 1 amide bonds. The molecule has 0 radical (unpaired) electrons. The van der Waals surface area contributed by atoms with E-state index >= 15 is 0 Å². The summed E-state index contributed by atoms with van der Waals surface area (Å²) in [6, 6.07) is 5.94. The highest BCUT2D eigenvalue weighted by Crippen LogP contribution is 2.32. The molecule has 0 spiro atoms. The molecule has 1 N–H and O–H groups in total. The molecule has 146 valence electrons. The lowest BCUT2D eigenvalue weighted by molar-refractivity contribution is -0.137. The Balaban J connectivity index is 2.02. The minimum absolute atomic E-state index is 0.0348. The Morgan fingerprint density at radius 3 is 2.37 bits per heavy atom. The first-order valence-corrected chi connectivity index (χ1v) is 8.70. The van der Waals surface area contributed by atoms with Crippen LogP contribution < -0.4 is 5.32 Å². The standard InChI is InChI=1S/C20H22F3NO3/c1-4-17(25)12(2)24-19(26)10-7-15-11-18(27-13(15)3)14-5-8-16(9-6-14)20(21,22)23/h5-6,8-9,11-12H,4,7,10H2,1-3H3,(H,24,26). The molecule has 0 aliphatic rings. The summed E-state index contributed by atoms with van der Waals surface area (Å²) in [4.78, 5) is 23.5. The number of Topliss-reactive ketones (excluding diaryl/α,β-unsaturated/α-hetero) is 1. The molecule has 0 bridgehead atoms. The highest BCUT2D eigenvalue weighted by molar-refractivity contribution is 5.88. The second-order valence-corrected chi connectivity index (χ2v) is 6.38. The Kier molecular flexibility index (Phi) is 6.46. The van der Waals surface area contributed by atoms with E-state index in [4.69, 9.17) is 4.42 Å². The molecule has 0 aliphatic heterocycles. The van der Waals surface area contributed by atoms with E-state index in [1.54, 1.807) is 26.8 Å². The summed E-state index contributed by atoms with van der Waals surface area (Å²) in [6.45, 7) is 5.13. The second-order valence-electron chi connectivity index (χ2n) is 6.38. The van der Waals surface area contributed by atoms with Crippen LogP contribution >= 0.6 is 0 Å². The molecule has 0 fully saturated rings. The van der Waals surface area contributed by atoms with E-state index in [1.165, 1.54) is 12.1 Å². The van der Waals surface area contributed by atoms with Crippen LogP contribution in [0.15, 0.2) is 34.7 Å². The number of hydrogen-bond acceptors (Lipinski definition) is 3. The van der Waals surface area contributed by atoms with Crippen LogP contribution in [0.1, 0.15) is 43.6 Å². The molecule has 1 unspecified atom stereocenters. The van der Waals surface area contributed by atoms with Crippen molar-refractivity contribution in [1.82, 2.24) is 5.32 Å². The quantitative estimate of drug-likeness (QED) is 0.757. The average Bonchev–Trinajstić information content (AvgIpc) is 2.99. The Morgan fingerprint density at radius 2 is 1.81 bits per heavy atom. The molecule has 1 aromatic carbocycles. The van der Waals surface area contributed by atoms with E-state index in [1.807, 2.05) is 0 Å². The highest BCUT2D eigenvalue weighted by atomic mass is 19.4. The van der Waals surface area contributed by atoms with Gasteiger partial charge in [0.1, 0.15) is 11.5 Å². The number of hydrogen-bond donors (Lipinski definition) is 1. The molecule has 2 aromatic rings. The van der Waals surface area contributed by atoms with Crippen molar-refractivity contribution >= 4 is 11.7 Å². The van der Waals surface area contributed by atoms with Gasteiger partial charge in [-0.3, -0.25) is 9.59 Å². The number of ketones is 1. The molecule has 2 rings (SSSR count). The normalized spacial score (nSPS) is 12.7. The van der Waals surface area contributed by atoms with Crippen LogP contribution in [0.25, 0.3) is 11.3 Å². The summed E-state index contributed by atoms with van der Waals surface area (Å²) in [5, 5.41) is 2.65. The molecule has 1 heterocycles. The average molecular weight is 381 g/mol. The van der Waals surface area contributed by atoms with Crippen LogP contribution in [-0.2, 0) is 22.2 Å². The minimum atomic E-state index is -4.38.